The molecule has 0 aliphatic rings. The zero-order valence-corrected chi connectivity index (χ0v) is 19.6. The summed E-state index contributed by atoms with van der Waals surface area (Å²) in [7, 11) is -3.73. The van der Waals surface area contributed by atoms with Crippen LogP contribution in [0.25, 0.3) is 21.1 Å². The number of fused-ring (bicyclic) bond motifs is 2. The Hall–Kier alpha value is -2.82. The molecule has 0 saturated heterocycles. The first-order chi connectivity index (χ1) is 15.2. The van der Waals surface area contributed by atoms with Crippen LogP contribution in [0.4, 0.5) is 11.5 Å². The number of sulfone groups is 1. The Morgan fingerprint density at radius 2 is 1.91 bits per heavy atom. The lowest BCUT2D eigenvalue weighted by molar-refractivity contribution is 0.231. The summed E-state index contributed by atoms with van der Waals surface area (Å²) >= 11 is 1.56. The van der Waals surface area contributed by atoms with E-state index in [0.29, 0.717) is 23.1 Å². The van der Waals surface area contributed by atoms with Crippen LogP contribution < -0.4 is 10.1 Å². The zero-order valence-electron chi connectivity index (χ0n) is 18.0. The van der Waals surface area contributed by atoms with Crippen molar-refractivity contribution < 1.29 is 18.3 Å². The highest BCUT2D eigenvalue weighted by Gasteiger charge is 2.34. The number of thiazole rings is 1. The first-order valence-electron chi connectivity index (χ1n) is 10.1. The van der Waals surface area contributed by atoms with Crippen molar-refractivity contribution in [3.63, 3.8) is 0 Å². The fourth-order valence-corrected chi connectivity index (χ4v) is 5.11. The smallest absolute Gasteiger partial charge is 0.186 e. The van der Waals surface area contributed by atoms with Crippen LogP contribution in [0.15, 0.2) is 47.1 Å². The van der Waals surface area contributed by atoms with Gasteiger partial charge in [-0.15, -0.1) is 11.3 Å². The minimum Gasteiger partial charge on any atom is -0.492 e. The molecule has 0 spiro atoms. The maximum absolute atomic E-state index is 13.3. The number of ether oxygens (including phenoxy) is 1. The van der Waals surface area contributed by atoms with Crippen LogP contribution in [0.3, 0.4) is 0 Å². The van der Waals surface area contributed by atoms with E-state index < -0.39 is 14.6 Å². The molecule has 2 heterocycles. The van der Waals surface area contributed by atoms with Gasteiger partial charge >= 0.3 is 0 Å². The van der Waals surface area contributed by atoms with E-state index in [1.165, 1.54) is 6.33 Å². The predicted molar refractivity (Wildman–Crippen MR) is 127 cm³/mol. The molecule has 0 aliphatic carbocycles. The van der Waals surface area contributed by atoms with Crippen molar-refractivity contribution in [2.75, 3.05) is 18.5 Å². The Labute approximate surface area is 190 Å². The number of hydrogen-bond acceptors (Lipinski definition) is 9. The maximum Gasteiger partial charge on any atom is 0.186 e. The molecule has 0 radical (unpaired) electrons. The summed E-state index contributed by atoms with van der Waals surface area (Å²) in [4.78, 5) is 13.1. The lowest BCUT2D eigenvalue weighted by Gasteiger charge is -2.22. The quantitative estimate of drug-likeness (QED) is 0.382. The van der Waals surface area contributed by atoms with Gasteiger partial charge in [-0.05, 0) is 45.0 Å². The Bertz CT molecular complexity index is 1380. The van der Waals surface area contributed by atoms with E-state index in [-0.39, 0.29) is 23.9 Å². The van der Waals surface area contributed by atoms with Crippen molar-refractivity contribution in [1.82, 2.24) is 15.0 Å². The van der Waals surface area contributed by atoms with Crippen LogP contribution in [0.5, 0.6) is 5.75 Å². The molecule has 32 heavy (non-hydrogen) atoms. The number of benzene rings is 2. The molecule has 2 N–H and O–H groups in total. The summed E-state index contributed by atoms with van der Waals surface area (Å²) < 4.78 is 32.5. The van der Waals surface area contributed by atoms with Gasteiger partial charge in [-0.25, -0.2) is 23.4 Å². The molecule has 0 saturated carbocycles. The molecule has 0 aliphatic heterocycles. The summed E-state index contributed by atoms with van der Waals surface area (Å²) in [5.74, 6) is 0.700. The first-order valence-corrected chi connectivity index (χ1v) is 12.4. The van der Waals surface area contributed by atoms with E-state index in [9.17, 15) is 8.42 Å². The van der Waals surface area contributed by atoms with Gasteiger partial charge < -0.3 is 15.2 Å². The molecule has 2 aromatic carbocycles. The number of aliphatic hydroxyl groups excluding tert-OH is 1. The highest BCUT2D eigenvalue weighted by atomic mass is 32.2. The van der Waals surface area contributed by atoms with Crippen molar-refractivity contribution in [2.45, 2.75) is 36.8 Å². The fraction of sp³-hybridized carbons (Fsp3) is 0.318. The van der Waals surface area contributed by atoms with Gasteiger partial charge in [0.05, 0.1) is 32.6 Å². The van der Waals surface area contributed by atoms with E-state index in [4.69, 9.17) is 9.84 Å². The second-order valence-electron chi connectivity index (χ2n) is 8.24. The lowest BCUT2D eigenvalue weighted by atomic mass is 10.2. The third-order valence-corrected chi connectivity index (χ3v) is 8.27. The van der Waals surface area contributed by atoms with Crippen molar-refractivity contribution >= 4 is 53.8 Å². The molecule has 168 valence electrons. The molecular weight excluding hydrogens is 448 g/mol. The van der Waals surface area contributed by atoms with Gasteiger partial charge in [0.2, 0.25) is 0 Å². The number of nitrogens with zero attached hydrogens (tertiary/aromatic N) is 3. The monoisotopic (exact) mass is 472 g/mol. The van der Waals surface area contributed by atoms with Gasteiger partial charge in [-0.3, -0.25) is 0 Å². The molecule has 4 aromatic rings. The van der Waals surface area contributed by atoms with Gasteiger partial charge in [-0.1, -0.05) is 0 Å². The molecule has 0 atom stereocenters. The molecule has 0 amide bonds. The van der Waals surface area contributed by atoms with Gasteiger partial charge in [0.15, 0.2) is 9.84 Å². The van der Waals surface area contributed by atoms with Gasteiger partial charge in [0, 0.05) is 30.2 Å². The van der Waals surface area contributed by atoms with E-state index in [1.54, 1.807) is 49.8 Å². The van der Waals surface area contributed by atoms with Crippen molar-refractivity contribution in [1.29, 1.82) is 0 Å². The lowest BCUT2D eigenvalue weighted by Crippen LogP contribution is -2.28. The van der Waals surface area contributed by atoms with E-state index >= 15 is 0 Å². The molecule has 2 aromatic heterocycles. The Balaban J connectivity index is 1.83. The minimum absolute atomic E-state index is 0.0471. The van der Waals surface area contributed by atoms with E-state index in [0.717, 1.165) is 15.9 Å². The molecule has 0 bridgehead atoms. The number of anilines is 2. The van der Waals surface area contributed by atoms with Crippen LogP contribution >= 0.6 is 11.3 Å². The van der Waals surface area contributed by atoms with Gasteiger partial charge in [0.1, 0.15) is 22.8 Å². The molecule has 4 rings (SSSR count). The summed E-state index contributed by atoms with van der Waals surface area (Å²) in [5, 5.41) is 12.9. The number of aromatic nitrogens is 3. The largest absolute Gasteiger partial charge is 0.492 e. The van der Waals surface area contributed by atoms with Gasteiger partial charge in [-0.2, -0.15) is 0 Å². The Kier molecular flexibility index (Phi) is 6.02. The van der Waals surface area contributed by atoms with Crippen LogP contribution in [0.2, 0.25) is 0 Å². The van der Waals surface area contributed by atoms with Crippen LogP contribution in [-0.2, 0) is 9.84 Å². The van der Waals surface area contributed by atoms with Crippen LogP contribution in [-0.4, -0.2) is 46.4 Å². The second-order valence-corrected chi connectivity index (χ2v) is 11.8. The van der Waals surface area contributed by atoms with Crippen molar-refractivity contribution in [3.05, 3.63) is 42.2 Å². The number of nitrogens with one attached hydrogen (secondary N) is 1. The third kappa shape index (κ3) is 4.25. The van der Waals surface area contributed by atoms with Crippen LogP contribution in [0, 0.1) is 0 Å². The summed E-state index contributed by atoms with van der Waals surface area (Å²) in [6.45, 7) is 5.09. The fourth-order valence-electron chi connectivity index (χ4n) is 3.14. The van der Waals surface area contributed by atoms with E-state index in [2.05, 4.69) is 20.3 Å². The zero-order chi connectivity index (χ0) is 22.9. The van der Waals surface area contributed by atoms with Crippen LogP contribution in [0.1, 0.15) is 27.2 Å². The standard InChI is InChI=1S/C22H24N4O4S2/c1-22(2,3)32(28,29)20-10-15-16(11-18(20)30-8-4-7-27)23-12-24-21(15)26-14-5-6-19-17(9-14)25-13-31-19/h5-6,9-13,27H,4,7-8H2,1-3H3,(H,23,24,26). The summed E-state index contributed by atoms with van der Waals surface area (Å²) in [5.41, 5.74) is 3.99. The Morgan fingerprint density at radius 3 is 2.66 bits per heavy atom. The number of hydrogen-bond donors (Lipinski definition) is 2. The molecular formula is C22H24N4O4S2. The first kappa shape index (κ1) is 22.4. The second kappa shape index (κ2) is 8.61. The highest BCUT2D eigenvalue weighted by Crippen LogP contribution is 2.37. The SMILES string of the molecule is CC(C)(C)S(=O)(=O)c1cc2c(Nc3ccc4scnc4c3)ncnc2cc1OCCCO. The molecule has 10 heteroatoms. The molecule has 8 nitrogen and oxygen atoms in total. The summed E-state index contributed by atoms with van der Waals surface area (Å²) in [6.07, 6.45) is 1.81. The average Bonchev–Trinajstić information content (AvgIpc) is 3.20. The topological polar surface area (TPSA) is 114 Å². The average molecular weight is 473 g/mol. The van der Waals surface area contributed by atoms with Crippen molar-refractivity contribution in [2.24, 2.45) is 0 Å². The van der Waals surface area contributed by atoms with Gasteiger partial charge in [0.25, 0.3) is 0 Å². The number of rotatable bonds is 7. The Morgan fingerprint density at radius 1 is 1.09 bits per heavy atom. The number of aliphatic hydroxyl groups is 1. The highest BCUT2D eigenvalue weighted by molar-refractivity contribution is 7.92. The van der Waals surface area contributed by atoms with E-state index in [1.807, 2.05) is 18.2 Å². The molecule has 0 unspecified atom stereocenters. The molecule has 0 fully saturated rings. The van der Waals surface area contributed by atoms with Crippen molar-refractivity contribution in [3.8, 4) is 5.75 Å². The normalized spacial score (nSPS) is 12.4. The minimum atomic E-state index is -3.73. The summed E-state index contributed by atoms with van der Waals surface area (Å²) in [6, 6.07) is 8.99. The third-order valence-electron chi connectivity index (χ3n) is 4.95. The maximum atomic E-state index is 13.3. The predicted octanol–water partition coefficient (Wildman–Crippen LogP) is 4.32.